The van der Waals surface area contributed by atoms with Crippen molar-refractivity contribution in [1.29, 1.82) is 0 Å². The van der Waals surface area contributed by atoms with Crippen LogP contribution in [0.15, 0.2) is 0 Å². The minimum absolute atomic E-state index is 0.0300. The number of aliphatic hydroxyl groups excluding tert-OH is 1. The average molecular weight is 350 g/mol. The van der Waals surface area contributed by atoms with Gasteiger partial charge in [-0.2, -0.15) is 0 Å². The van der Waals surface area contributed by atoms with E-state index in [0.29, 0.717) is 59.5 Å². The first-order chi connectivity index (χ1) is 11.7. The molecule has 1 aliphatic rings. The zero-order valence-electron chi connectivity index (χ0n) is 15.1. The smallest absolute Gasteiger partial charge is 0.0809 e. The van der Waals surface area contributed by atoms with Gasteiger partial charge in [-0.1, -0.05) is 0 Å². The molecule has 3 unspecified atom stereocenters. The monoisotopic (exact) mass is 350 g/mol. The maximum atomic E-state index is 9.10. The molecule has 0 aromatic carbocycles. The second-order valence-corrected chi connectivity index (χ2v) is 6.00. The van der Waals surface area contributed by atoms with Crippen LogP contribution < -0.4 is 0 Å². The van der Waals surface area contributed by atoms with Crippen molar-refractivity contribution < 1.29 is 33.5 Å². The van der Waals surface area contributed by atoms with Crippen LogP contribution in [-0.4, -0.2) is 89.5 Å². The average Bonchev–Trinajstić information content (AvgIpc) is 3.07. The van der Waals surface area contributed by atoms with Crippen molar-refractivity contribution in [2.24, 2.45) is 0 Å². The molecule has 144 valence electrons. The van der Waals surface area contributed by atoms with Gasteiger partial charge in [0.2, 0.25) is 0 Å². The Kier molecular flexibility index (Phi) is 13.6. The summed E-state index contributed by atoms with van der Waals surface area (Å²) in [5.41, 5.74) is 0. The molecule has 0 aromatic rings. The minimum atomic E-state index is -0.447. The molecule has 1 N–H and O–H groups in total. The molecule has 0 aliphatic carbocycles. The Bertz CT molecular complexity index is 270. The lowest BCUT2D eigenvalue weighted by Gasteiger charge is -2.14. The first-order valence-corrected chi connectivity index (χ1v) is 8.90. The molecule has 1 aliphatic heterocycles. The molecule has 0 bridgehead atoms. The molecule has 7 nitrogen and oxygen atoms in total. The molecular weight excluding hydrogens is 316 g/mol. The summed E-state index contributed by atoms with van der Waals surface area (Å²) in [7, 11) is 0. The Balaban J connectivity index is 1.71. The van der Waals surface area contributed by atoms with Gasteiger partial charge in [0.25, 0.3) is 0 Å². The molecule has 1 fully saturated rings. The van der Waals surface area contributed by atoms with E-state index in [4.69, 9.17) is 33.5 Å². The highest BCUT2D eigenvalue weighted by atomic mass is 16.6. The molecular formula is C17H34O7. The summed E-state index contributed by atoms with van der Waals surface area (Å²) in [5, 5.41) is 9.10. The van der Waals surface area contributed by atoms with Crippen LogP contribution in [0.1, 0.15) is 26.7 Å². The Labute approximate surface area is 145 Å². The fourth-order valence-corrected chi connectivity index (χ4v) is 2.15. The summed E-state index contributed by atoms with van der Waals surface area (Å²) < 4.78 is 32.6. The Morgan fingerprint density at radius 3 is 2.12 bits per heavy atom. The van der Waals surface area contributed by atoms with Gasteiger partial charge in [-0.15, -0.1) is 0 Å². The van der Waals surface area contributed by atoms with E-state index in [2.05, 4.69) is 0 Å². The van der Waals surface area contributed by atoms with Gasteiger partial charge in [-0.05, 0) is 26.7 Å². The van der Waals surface area contributed by atoms with Crippen LogP contribution in [0.5, 0.6) is 0 Å². The van der Waals surface area contributed by atoms with Gasteiger partial charge < -0.3 is 33.5 Å². The molecule has 0 saturated carbocycles. The van der Waals surface area contributed by atoms with Crippen molar-refractivity contribution >= 4 is 0 Å². The number of hydrogen-bond donors (Lipinski definition) is 1. The molecule has 1 rings (SSSR count). The van der Waals surface area contributed by atoms with Crippen molar-refractivity contribution in [3.05, 3.63) is 0 Å². The van der Waals surface area contributed by atoms with Gasteiger partial charge in [0, 0.05) is 6.61 Å². The van der Waals surface area contributed by atoms with Crippen molar-refractivity contribution in [3.8, 4) is 0 Å². The summed E-state index contributed by atoms with van der Waals surface area (Å²) in [6, 6.07) is 0. The highest BCUT2D eigenvalue weighted by Gasteiger charge is 2.14. The van der Waals surface area contributed by atoms with E-state index in [-0.39, 0.29) is 12.2 Å². The molecule has 1 heterocycles. The topological polar surface area (TPSA) is 75.6 Å². The lowest BCUT2D eigenvalue weighted by atomic mass is 10.2. The van der Waals surface area contributed by atoms with E-state index < -0.39 is 6.10 Å². The number of ether oxygens (including phenoxy) is 6. The van der Waals surface area contributed by atoms with Crippen LogP contribution in [0.2, 0.25) is 0 Å². The van der Waals surface area contributed by atoms with Crippen molar-refractivity contribution in [2.75, 3.05) is 66.1 Å². The van der Waals surface area contributed by atoms with E-state index in [1.54, 1.807) is 6.92 Å². The molecule has 7 heteroatoms. The summed E-state index contributed by atoms with van der Waals surface area (Å²) in [6.45, 7) is 9.27. The maximum Gasteiger partial charge on any atom is 0.0809 e. The standard InChI is InChI=1S/C17H34O7/c1-15(18)12-24-16(2)13-21-10-8-19-6-7-20-9-11-22-14-17-4-3-5-23-17/h15-18H,3-14H2,1-2H3. The number of rotatable bonds is 16. The highest BCUT2D eigenvalue weighted by molar-refractivity contribution is 4.63. The number of hydrogen-bond acceptors (Lipinski definition) is 7. The molecule has 0 radical (unpaired) electrons. The van der Waals surface area contributed by atoms with E-state index in [1.165, 1.54) is 0 Å². The lowest BCUT2D eigenvalue weighted by Crippen LogP contribution is -2.22. The highest BCUT2D eigenvalue weighted by Crippen LogP contribution is 2.11. The fraction of sp³-hybridized carbons (Fsp3) is 1.00. The summed E-state index contributed by atoms with van der Waals surface area (Å²) in [5.74, 6) is 0. The minimum Gasteiger partial charge on any atom is -0.391 e. The Morgan fingerprint density at radius 2 is 1.54 bits per heavy atom. The second-order valence-electron chi connectivity index (χ2n) is 6.00. The van der Waals surface area contributed by atoms with Crippen LogP contribution in [0, 0.1) is 0 Å². The first-order valence-electron chi connectivity index (χ1n) is 8.90. The van der Waals surface area contributed by atoms with E-state index in [0.717, 1.165) is 19.4 Å². The molecule has 0 amide bonds. The third kappa shape index (κ3) is 13.1. The molecule has 3 atom stereocenters. The third-order valence-electron chi connectivity index (χ3n) is 3.42. The summed E-state index contributed by atoms with van der Waals surface area (Å²) >= 11 is 0. The fourth-order valence-electron chi connectivity index (χ4n) is 2.15. The third-order valence-corrected chi connectivity index (χ3v) is 3.42. The predicted octanol–water partition coefficient (Wildman–Crippen LogP) is 1.02. The largest absolute Gasteiger partial charge is 0.391 e. The second kappa shape index (κ2) is 15.0. The van der Waals surface area contributed by atoms with Gasteiger partial charge in [-0.3, -0.25) is 0 Å². The molecule has 0 spiro atoms. The van der Waals surface area contributed by atoms with Crippen molar-refractivity contribution in [2.45, 2.75) is 45.0 Å². The van der Waals surface area contributed by atoms with Gasteiger partial charge in [0.05, 0.1) is 77.8 Å². The van der Waals surface area contributed by atoms with Crippen molar-refractivity contribution in [1.82, 2.24) is 0 Å². The SMILES string of the molecule is CC(O)COC(C)COCCOCCOCCOCC1CCCO1. The summed E-state index contributed by atoms with van der Waals surface area (Å²) in [4.78, 5) is 0. The van der Waals surface area contributed by atoms with Gasteiger partial charge in [0.1, 0.15) is 0 Å². The molecule has 24 heavy (non-hydrogen) atoms. The van der Waals surface area contributed by atoms with Crippen LogP contribution in [0.3, 0.4) is 0 Å². The van der Waals surface area contributed by atoms with Crippen LogP contribution in [0.4, 0.5) is 0 Å². The molecule has 1 saturated heterocycles. The zero-order chi connectivity index (χ0) is 17.5. The van der Waals surface area contributed by atoms with E-state index >= 15 is 0 Å². The molecule has 0 aromatic heterocycles. The van der Waals surface area contributed by atoms with Crippen LogP contribution in [-0.2, 0) is 28.4 Å². The first kappa shape index (κ1) is 21.8. The Hall–Kier alpha value is -0.280. The Morgan fingerprint density at radius 1 is 0.917 bits per heavy atom. The quantitative estimate of drug-likeness (QED) is 0.417. The zero-order valence-corrected chi connectivity index (χ0v) is 15.1. The summed E-state index contributed by atoms with van der Waals surface area (Å²) in [6.07, 6.45) is 2.03. The lowest BCUT2D eigenvalue weighted by molar-refractivity contribution is -0.0503. The predicted molar refractivity (Wildman–Crippen MR) is 89.3 cm³/mol. The van der Waals surface area contributed by atoms with Gasteiger partial charge in [0.15, 0.2) is 0 Å². The normalized spacial score (nSPS) is 20.4. The van der Waals surface area contributed by atoms with Crippen molar-refractivity contribution in [3.63, 3.8) is 0 Å². The van der Waals surface area contributed by atoms with E-state index in [1.807, 2.05) is 6.92 Å². The van der Waals surface area contributed by atoms with Crippen LogP contribution in [0.25, 0.3) is 0 Å². The maximum absolute atomic E-state index is 9.10. The van der Waals surface area contributed by atoms with E-state index in [9.17, 15) is 0 Å². The number of aliphatic hydroxyl groups is 1. The van der Waals surface area contributed by atoms with Gasteiger partial charge in [-0.25, -0.2) is 0 Å². The van der Waals surface area contributed by atoms with Gasteiger partial charge >= 0.3 is 0 Å². The van der Waals surface area contributed by atoms with Crippen LogP contribution >= 0.6 is 0 Å².